The van der Waals surface area contributed by atoms with Gasteiger partial charge >= 0.3 is 0 Å². The summed E-state index contributed by atoms with van der Waals surface area (Å²) in [7, 11) is -8.15. The molecule has 0 aliphatic carbocycles. The molecule has 0 fully saturated rings. The first kappa shape index (κ1) is 13.5. The fraction of sp³-hybridized carbons (Fsp3) is 0.143. The van der Waals surface area contributed by atoms with Gasteiger partial charge in [-0.05, 0) is 12.1 Å². The van der Waals surface area contributed by atoms with Gasteiger partial charge in [-0.1, -0.05) is 0 Å². The van der Waals surface area contributed by atoms with E-state index in [0.29, 0.717) is 6.26 Å². The van der Waals surface area contributed by atoms with Gasteiger partial charge < -0.3 is 0 Å². The average Bonchev–Trinajstić information content (AvgIpc) is 2.14. The zero-order valence-electron chi connectivity index (χ0n) is 8.52. The summed E-state index contributed by atoms with van der Waals surface area (Å²) in [5.74, 6) is 0. The second-order valence-corrected chi connectivity index (χ2v) is 6.80. The lowest BCUT2D eigenvalue weighted by molar-refractivity contribution is -0.384. The normalized spacial score (nSPS) is 12.3. The second-order valence-electron chi connectivity index (χ2n) is 3.11. The van der Waals surface area contributed by atoms with E-state index >= 15 is 0 Å². The summed E-state index contributed by atoms with van der Waals surface area (Å²) in [5.41, 5.74) is -0.289. The molecule has 94 valence electrons. The largest absolute Gasteiger partial charge is 0.269 e. The molecule has 1 aromatic rings. The first-order valence-corrected chi connectivity index (χ1v) is 7.47. The Balaban J connectivity index is 3.13. The van der Waals surface area contributed by atoms with Crippen LogP contribution in [0.5, 0.6) is 0 Å². The van der Waals surface area contributed by atoms with E-state index in [-0.39, 0.29) is 10.6 Å². The molecule has 0 radical (unpaired) electrons. The van der Waals surface area contributed by atoms with E-state index in [0.717, 1.165) is 24.3 Å². The Bertz CT molecular complexity index is 631. The van der Waals surface area contributed by atoms with Gasteiger partial charge in [-0.15, -0.1) is 4.13 Å². The fourth-order valence-electron chi connectivity index (χ4n) is 0.994. The SMILES string of the molecule is CS(=O)(=O)NS(=O)(=O)c1ccc([N+](=O)[O-])cc1. The summed E-state index contributed by atoms with van der Waals surface area (Å²) in [6, 6.07) is 3.84. The highest BCUT2D eigenvalue weighted by Gasteiger charge is 2.19. The van der Waals surface area contributed by atoms with Crippen molar-refractivity contribution >= 4 is 25.7 Å². The third kappa shape index (κ3) is 3.76. The van der Waals surface area contributed by atoms with Crippen LogP contribution in [-0.2, 0) is 20.0 Å². The van der Waals surface area contributed by atoms with Crippen molar-refractivity contribution < 1.29 is 21.8 Å². The Morgan fingerprint density at radius 2 is 1.59 bits per heavy atom. The van der Waals surface area contributed by atoms with E-state index in [9.17, 15) is 26.9 Å². The summed E-state index contributed by atoms with van der Waals surface area (Å²) in [4.78, 5) is 9.27. The van der Waals surface area contributed by atoms with Crippen LogP contribution in [0.1, 0.15) is 0 Å². The first-order valence-electron chi connectivity index (χ1n) is 4.10. The number of rotatable bonds is 4. The van der Waals surface area contributed by atoms with Crippen LogP contribution in [0.3, 0.4) is 0 Å². The molecule has 0 aliphatic rings. The van der Waals surface area contributed by atoms with Crippen molar-refractivity contribution in [3.8, 4) is 0 Å². The minimum Gasteiger partial charge on any atom is -0.258 e. The zero-order chi connectivity index (χ0) is 13.3. The Hall–Kier alpha value is -1.52. The summed E-state index contributed by atoms with van der Waals surface area (Å²) < 4.78 is 46.0. The molecule has 0 atom stereocenters. The van der Waals surface area contributed by atoms with Crippen LogP contribution < -0.4 is 4.13 Å². The van der Waals surface area contributed by atoms with Crippen molar-refractivity contribution in [3.63, 3.8) is 0 Å². The molecule has 1 aromatic carbocycles. The molecular weight excluding hydrogens is 272 g/mol. The van der Waals surface area contributed by atoms with Gasteiger partial charge in [0, 0.05) is 12.1 Å². The van der Waals surface area contributed by atoms with Gasteiger partial charge in [-0.3, -0.25) is 10.1 Å². The lowest BCUT2D eigenvalue weighted by atomic mass is 10.3. The summed E-state index contributed by atoms with van der Waals surface area (Å²) in [5, 5.41) is 10.3. The van der Waals surface area contributed by atoms with Crippen molar-refractivity contribution in [3.05, 3.63) is 34.4 Å². The van der Waals surface area contributed by atoms with E-state index in [1.165, 1.54) is 4.13 Å². The monoisotopic (exact) mass is 280 g/mol. The third-order valence-electron chi connectivity index (χ3n) is 1.62. The Morgan fingerprint density at radius 1 is 1.12 bits per heavy atom. The number of benzene rings is 1. The van der Waals surface area contributed by atoms with Gasteiger partial charge in [0.25, 0.3) is 15.7 Å². The molecule has 10 heteroatoms. The highest BCUT2D eigenvalue weighted by atomic mass is 32.3. The zero-order valence-corrected chi connectivity index (χ0v) is 10.2. The number of nitro groups is 1. The summed E-state index contributed by atoms with van der Waals surface area (Å²) in [6.07, 6.45) is 0.690. The van der Waals surface area contributed by atoms with Crippen LogP contribution in [0.2, 0.25) is 0 Å². The standard InChI is InChI=1S/C7H8N2O6S2/c1-16(12,13)8-17(14,15)7-4-2-6(3-5-7)9(10)11/h2-5,8H,1H3. The first-order chi connectivity index (χ1) is 7.62. The van der Waals surface area contributed by atoms with Gasteiger partial charge in [0.2, 0.25) is 10.0 Å². The molecule has 8 nitrogen and oxygen atoms in total. The van der Waals surface area contributed by atoms with E-state index in [4.69, 9.17) is 0 Å². The van der Waals surface area contributed by atoms with Crippen molar-refractivity contribution in [2.24, 2.45) is 0 Å². The minimum atomic E-state index is -4.22. The topological polar surface area (TPSA) is 123 Å². The molecule has 0 saturated carbocycles. The highest BCUT2D eigenvalue weighted by molar-refractivity contribution is 8.04. The van der Waals surface area contributed by atoms with E-state index in [2.05, 4.69) is 0 Å². The molecule has 1 N–H and O–H groups in total. The molecular formula is C7H8N2O6S2. The molecule has 1 rings (SSSR count). The molecule has 0 bridgehead atoms. The Morgan fingerprint density at radius 3 is 1.94 bits per heavy atom. The van der Waals surface area contributed by atoms with Crippen LogP contribution in [-0.4, -0.2) is 28.0 Å². The smallest absolute Gasteiger partial charge is 0.258 e. The minimum absolute atomic E-state index is 0.289. The predicted octanol–water partition coefficient (Wildman–Crippen LogP) is -0.167. The van der Waals surface area contributed by atoms with Crippen molar-refractivity contribution in [1.29, 1.82) is 0 Å². The lowest BCUT2D eigenvalue weighted by Gasteiger charge is -2.03. The average molecular weight is 280 g/mol. The van der Waals surface area contributed by atoms with Gasteiger partial charge in [0.1, 0.15) is 0 Å². The van der Waals surface area contributed by atoms with Crippen molar-refractivity contribution in [2.45, 2.75) is 4.90 Å². The number of sulfonamides is 2. The maximum absolute atomic E-state index is 11.5. The molecule has 0 amide bonds. The number of hydrogen-bond acceptors (Lipinski definition) is 6. The molecule has 0 unspecified atom stereocenters. The van der Waals surface area contributed by atoms with E-state index < -0.39 is 25.0 Å². The Labute approximate surface area is 97.5 Å². The number of nitrogens with zero attached hydrogens (tertiary/aromatic N) is 1. The number of nitro benzene ring substituents is 1. The van der Waals surface area contributed by atoms with Gasteiger partial charge in [-0.2, -0.15) is 0 Å². The van der Waals surface area contributed by atoms with Crippen molar-refractivity contribution in [1.82, 2.24) is 4.13 Å². The van der Waals surface area contributed by atoms with Crippen LogP contribution in [0, 0.1) is 10.1 Å². The molecule has 0 saturated heterocycles. The highest BCUT2D eigenvalue weighted by Crippen LogP contribution is 2.15. The van der Waals surface area contributed by atoms with Gasteiger partial charge in [0.05, 0.1) is 16.1 Å². The molecule has 0 aliphatic heterocycles. The number of hydrogen-bond donors (Lipinski definition) is 1. The number of nitrogens with one attached hydrogen (secondary N) is 1. The predicted molar refractivity (Wildman–Crippen MR) is 58.3 cm³/mol. The summed E-state index contributed by atoms with van der Waals surface area (Å²) >= 11 is 0. The third-order valence-corrected chi connectivity index (χ3v) is 4.60. The summed E-state index contributed by atoms with van der Waals surface area (Å²) in [6.45, 7) is 0. The van der Waals surface area contributed by atoms with Crippen LogP contribution >= 0.6 is 0 Å². The van der Waals surface area contributed by atoms with Crippen LogP contribution in [0.4, 0.5) is 5.69 Å². The number of non-ortho nitro benzene ring substituents is 1. The maximum atomic E-state index is 11.5. The Kier molecular flexibility index (Phi) is 3.50. The van der Waals surface area contributed by atoms with Crippen molar-refractivity contribution in [2.75, 3.05) is 6.26 Å². The lowest BCUT2D eigenvalue weighted by Crippen LogP contribution is -2.29. The molecule has 0 heterocycles. The molecule has 0 spiro atoms. The van der Waals surface area contributed by atoms with E-state index in [1.807, 2.05) is 0 Å². The maximum Gasteiger partial charge on any atom is 0.269 e. The van der Waals surface area contributed by atoms with Crippen LogP contribution in [0.25, 0.3) is 0 Å². The van der Waals surface area contributed by atoms with Gasteiger partial charge in [-0.25, -0.2) is 16.8 Å². The van der Waals surface area contributed by atoms with E-state index in [1.54, 1.807) is 0 Å². The second kappa shape index (κ2) is 4.39. The fourth-order valence-corrected chi connectivity index (χ4v) is 3.47. The van der Waals surface area contributed by atoms with Crippen LogP contribution in [0.15, 0.2) is 29.2 Å². The quantitative estimate of drug-likeness (QED) is 0.603. The molecule has 17 heavy (non-hydrogen) atoms. The molecule has 0 aromatic heterocycles. The van der Waals surface area contributed by atoms with Gasteiger partial charge in [0.15, 0.2) is 0 Å².